The van der Waals surface area contributed by atoms with Crippen molar-refractivity contribution in [2.75, 3.05) is 0 Å². The van der Waals surface area contributed by atoms with Gasteiger partial charge in [-0.2, -0.15) is 0 Å². The number of nitrogens with two attached hydrogens (primary N) is 1. The van der Waals surface area contributed by atoms with E-state index in [1.54, 1.807) is 0 Å². The van der Waals surface area contributed by atoms with Gasteiger partial charge < -0.3 is 5.73 Å². The molecular weight excluding hydrogens is 234 g/mol. The number of hydrogen-bond donors (Lipinski definition) is 1. The van der Waals surface area contributed by atoms with Gasteiger partial charge in [0.15, 0.2) is 0 Å². The number of benzene rings is 1. The van der Waals surface area contributed by atoms with Crippen LogP contribution in [0.25, 0.3) is 0 Å². The summed E-state index contributed by atoms with van der Waals surface area (Å²) in [6, 6.07) is 0.311. The zero-order valence-electron chi connectivity index (χ0n) is 7.48. The molecule has 0 spiro atoms. The molecule has 0 radical (unpaired) electrons. The smallest absolute Gasteiger partial charge is 0.240 e. The van der Waals surface area contributed by atoms with Gasteiger partial charge in [-0.15, -0.1) is 0 Å². The predicted octanol–water partition coefficient (Wildman–Crippen LogP) is 3.27. The number of rotatable bonds is 3. The number of hydrogen-bond acceptors (Lipinski definition) is 1. The van der Waals surface area contributed by atoms with Crippen molar-refractivity contribution in [3.05, 3.63) is 34.4 Å². The molecule has 0 aliphatic heterocycles. The molecule has 0 saturated carbocycles. The Morgan fingerprint density at radius 3 is 2.27 bits per heavy atom. The van der Waals surface area contributed by atoms with Crippen LogP contribution in [0.4, 0.5) is 17.6 Å². The van der Waals surface area contributed by atoms with E-state index in [2.05, 4.69) is 0 Å². The van der Waals surface area contributed by atoms with Crippen molar-refractivity contribution in [1.29, 1.82) is 0 Å². The van der Waals surface area contributed by atoms with Crippen LogP contribution in [0.3, 0.4) is 0 Å². The molecule has 1 aromatic rings. The summed E-state index contributed by atoms with van der Waals surface area (Å²) in [7, 11) is 0. The average molecular weight is 242 g/mol. The zero-order valence-corrected chi connectivity index (χ0v) is 8.24. The zero-order chi connectivity index (χ0) is 11.6. The first kappa shape index (κ1) is 12.3. The summed E-state index contributed by atoms with van der Waals surface area (Å²) in [6.07, 6.45) is -3.46. The third kappa shape index (κ3) is 2.82. The summed E-state index contributed by atoms with van der Waals surface area (Å²) in [5, 5.41) is -0.539. The second-order valence-corrected chi connectivity index (χ2v) is 3.37. The fourth-order valence-corrected chi connectivity index (χ4v) is 1.49. The van der Waals surface area contributed by atoms with Crippen molar-refractivity contribution in [3.63, 3.8) is 0 Å². The van der Waals surface area contributed by atoms with Gasteiger partial charge in [0.2, 0.25) is 6.43 Å². The van der Waals surface area contributed by atoms with Crippen LogP contribution < -0.4 is 5.73 Å². The summed E-state index contributed by atoms with van der Waals surface area (Å²) in [5.41, 5.74) is 4.89. The topological polar surface area (TPSA) is 26.0 Å². The highest BCUT2D eigenvalue weighted by atomic mass is 35.5. The molecule has 0 bridgehead atoms. The minimum Gasteiger partial charge on any atom is -0.324 e. The highest BCUT2D eigenvalue weighted by molar-refractivity contribution is 6.31. The van der Waals surface area contributed by atoms with Gasteiger partial charge in [0.05, 0.1) is 5.02 Å². The van der Waals surface area contributed by atoms with Crippen molar-refractivity contribution < 1.29 is 17.6 Å². The fourth-order valence-electron chi connectivity index (χ4n) is 1.19. The van der Waals surface area contributed by atoms with Gasteiger partial charge in [0.25, 0.3) is 0 Å². The molecule has 1 nitrogen and oxygen atoms in total. The van der Waals surface area contributed by atoms with Gasteiger partial charge in [-0.25, -0.2) is 17.6 Å². The van der Waals surface area contributed by atoms with Crippen molar-refractivity contribution in [3.8, 4) is 0 Å². The monoisotopic (exact) mass is 241 g/mol. The molecule has 0 saturated heterocycles. The maximum atomic E-state index is 13.2. The minimum absolute atomic E-state index is 0.406. The Balaban J connectivity index is 3.07. The van der Waals surface area contributed by atoms with E-state index in [0.29, 0.717) is 0 Å². The highest BCUT2D eigenvalue weighted by Gasteiger charge is 2.21. The Morgan fingerprint density at radius 2 is 1.73 bits per heavy atom. The SMILES string of the molecule is N[C@@H](CC(F)F)c1c(F)ccc(F)c1Cl. The van der Waals surface area contributed by atoms with Gasteiger partial charge >= 0.3 is 0 Å². The normalized spacial score (nSPS) is 13.3. The molecule has 0 aliphatic rings. The van der Waals surface area contributed by atoms with Crippen LogP contribution in [0, 0.1) is 11.6 Å². The lowest BCUT2D eigenvalue weighted by atomic mass is 10.0. The van der Waals surface area contributed by atoms with E-state index in [1.165, 1.54) is 0 Å². The third-order valence-corrected chi connectivity index (χ3v) is 2.27. The van der Waals surface area contributed by atoms with Crippen LogP contribution in [-0.2, 0) is 0 Å². The molecule has 84 valence electrons. The summed E-state index contributed by atoms with van der Waals surface area (Å²) in [5.74, 6) is -1.76. The van der Waals surface area contributed by atoms with Gasteiger partial charge in [-0.3, -0.25) is 0 Å². The molecule has 15 heavy (non-hydrogen) atoms. The maximum absolute atomic E-state index is 13.2. The Morgan fingerprint density at radius 1 is 1.20 bits per heavy atom. The largest absolute Gasteiger partial charge is 0.324 e. The van der Waals surface area contributed by atoms with E-state index < -0.39 is 41.1 Å². The molecule has 1 aromatic carbocycles. The second-order valence-electron chi connectivity index (χ2n) is 2.99. The van der Waals surface area contributed by atoms with Crippen molar-refractivity contribution >= 4 is 11.6 Å². The first-order chi connectivity index (χ1) is 6.93. The molecule has 6 heteroatoms. The number of halogens is 5. The van der Waals surface area contributed by atoms with Crippen LogP contribution >= 0.6 is 11.6 Å². The summed E-state index contributed by atoms with van der Waals surface area (Å²) in [6.45, 7) is 0. The molecule has 0 aliphatic carbocycles. The van der Waals surface area contributed by atoms with E-state index >= 15 is 0 Å². The Kier molecular flexibility index (Phi) is 3.93. The molecular formula is C9H8ClF4N. The van der Waals surface area contributed by atoms with Crippen LogP contribution in [-0.4, -0.2) is 6.43 Å². The van der Waals surface area contributed by atoms with Crippen LogP contribution in [0.5, 0.6) is 0 Å². The van der Waals surface area contributed by atoms with Crippen LogP contribution in [0.15, 0.2) is 12.1 Å². The van der Waals surface area contributed by atoms with Crippen molar-refractivity contribution in [2.24, 2.45) is 5.73 Å². The van der Waals surface area contributed by atoms with Crippen molar-refractivity contribution in [2.45, 2.75) is 18.9 Å². The fraction of sp³-hybridized carbons (Fsp3) is 0.333. The van der Waals surface area contributed by atoms with Crippen LogP contribution in [0.2, 0.25) is 5.02 Å². The molecule has 0 aromatic heterocycles. The molecule has 1 atom stereocenters. The van der Waals surface area contributed by atoms with E-state index in [0.717, 1.165) is 12.1 Å². The maximum Gasteiger partial charge on any atom is 0.240 e. The summed E-state index contributed by atoms with van der Waals surface area (Å²) >= 11 is 5.44. The van der Waals surface area contributed by atoms with Crippen LogP contribution in [0.1, 0.15) is 18.0 Å². The molecule has 0 amide bonds. The summed E-state index contributed by atoms with van der Waals surface area (Å²) < 4.78 is 50.1. The molecule has 2 N–H and O–H groups in total. The lowest BCUT2D eigenvalue weighted by Gasteiger charge is -2.14. The quantitative estimate of drug-likeness (QED) is 0.638. The van der Waals surface area contributed by atoms with Gasteiger partial charge in [0, 0.05) is 18.0 Å². The first-order valence-electron chi connectivity index (χ1n) is 4.10. The van der Waals surface area contributed by atoms with E-state index in [4.69, 9.17) is 17.3 Å². The first-order valence-corrected chi connectivity index (χ1v) is 4.48. The molecule has 0 unspecified atom stereocenters. The molecule has 1 rings (SSSR count). The number of alkyl halides is 2. The predicted molar refractivity (Wildman–Crippen MR) is 48.9 cm³/mol. The third-order valence-electron chi connectivity index (χ3n) is 1.88. The van der Waals surface area contributed by atoms with Crippen molar-refractivity contribution in [1.82, 2.24) is 0 Å². The molecule has 0 heterocycles. The van der Waals surface area contributed by atoms with E-state index in [9.17, 15) is 17.6 Å². The molecule has 0 fully saturated rings. The standard InChI is InChI=1S/C9H8ClF4N/c10-9-5(12)2-1-4(11)8(9)6(15)3-7(13)14/h1-2,6-7H,3,15H2/t6-/m0/s1. The minimum atomic E-state index is -2.70. The van der Waals surface area contributed by atoms with Gasteiger partial charge in [-0.1, -0.05) is 11.6 Å². The van der Waals surface area contributed by atoms with E-state index in [-0.39, 0.29) is 0 Å². The Hall–Kier alpha value is -0.810. The lowest BCUT2D eigenvalue weighted by Crippen LogP contribution is -2.16. The lowest BCUT2D eigenvalue weighted by molar-refractivity contribution is 0.128. The van der Waals surface area contributed by atoms with Gasteiger partial charge in [0.1, 0.15) is 11.6 Å². The van der Waals surface area contributed by atoms with E-state index in [1.807, 2.05) is 0 Å². The Labute approximate surface area is 88.8 Å². The second kappa shape index (κ2) is 4.81. The average Bonchev–Trinajstić information content (AvgIpc) is 2.11. The van der Waals surface area contributed by atoms with Gasteiger partial charge in [-0.05, 0) is 12.1 Å². The highest BCUT2D eigenvalue weighted by Crippen LogP contribution is 2.30. The Bertz CT molecular complexity index is 356. The summed E-state index contributed by atoms with van der Waals surface area (Å²) in [4.78, 5) is 0.